The molecule has 3 nitrogen and oxygen atoms in total. The van der Waals surface area contributed by atoms with Gasteiger partial charge in [-0.15, -0.1) is 0 Å². The summed E-state index contributed by atoms with van der Waals surface area (Å²) in [5, 5.41) is 9.73. The summed E-state index contributed by atoms with van der Waals surface area (Å²) in [5.41, 5.74) is 3.33. The van der Waals surface area contributed by atoms with Crippen LogP contribution in [0.1, 0.15) is 107 Å². The third-order valence-electron chi connectivity index (χ3n) is 7.08. The number of ether oxygens (including phenoxy) is 1. The van der Waals surface area contributed by atoms with E-state index in [-0.39, 0.29) is 5.97 Å². The molecule has 0 heterocycles. The van der Waals surface area contributed by atoms with Gasteiger partial charge in [0.2, 0.25) is 0 Å². The van der Waals surface area contributed by atoms with E-state index in [1.54, 1.807) is 0 Å². The Morgan fingerprint density at radius 1 is 0.879 bits per heavy atom. The monoisotopic (exact) mass is 445 g/mol. The molecule has 33 heavy (non-hydrogen) atoms. The summed E-state index contributed by atoms with van der Waals surface area (Å²) < 4.78 is 5.96. The van der Waals surface area contributed by atoms with Crippen molar-refractivity contribution in [2.24, 2.45) is 0 Å². The molecule has 0 amide bonds. The van der Waals surface area contributed by atoms with E-state index in [0.29, 0.717) is 11.3 Å². The summed E-state index contributed by atoms with van der Waals surface area (Å²) in [6, 6.07) is 16.5. The van der Waals surface area contributed by atoms with Crippen molar-refractivity contribution in [3.8, 4) is 11.8 Å². The number of carbonyl (C=O) groups is 1. The van der Waals surface area contributed by atoms with E-state index in [1.807, 2.05) is 18.2 Å². The van der Waals surface area contributed by atoms with Crippen molar-refractivity contribution in [2.45, 2.75) is 103 Å². The first kappa shape index (κ1) is 25.0. The van der Waals surface area contributed by atoms with Crippen molar-refractivity contribution in [2.75, 3.05) is 0 Å². The lowest BCUT2D eigenvalue weighted by molar-refractivity contribution is -0.142. The Balaban J connectivity index is 1.76. The van der Waals surface area contributed by atoms with Gasteiger partial charge in [-0.1, -0.05) is 95.5 Å². The SMILES string of the molecule is CCCCCCCc1ccc(OC(=O)C2(c3ccc(CCC)cc3)CCCCC2)c(C#N)c1. The molecule has 0 saturated heterocycles. The molecule has 1 aliphatic rings. The number of hydrogen-bond donors (Lipinski definition) is 0. The number of hydrogen-bond acceptors (Lipinski definition) is 3. The molecule has 0 spiro atoms. The summed E-state index contributed by atoms with van der Waals surface area (Å²) in [6.45, 7) is 4.40. The fourth-order valence-electron chi connectivity index (χ4n) is 5.08. The molecule has 176 valence electrons. The summed E-state index contributed by atoms with van der Waals surface area (Å²) in [4.78, 5) is 13.6. The van der Waals surface area contributed by atoms with Crippen molar-refractivity contribution in [1.82, 2.24) is 0 Å². The number of nitrogens with zero attached hydrogens (tertiary/aromatic N) is 1. The van der Waals surface area contributed by atoms with Crippen molar-refractivity contribution < 1.29 is 9.53 Å². The molecule has 2 aromatic rings. The summed E-state index contributed by atoms with van der Waals surface area (Å²) in [6.07, 6.45) is 14.0. The lowest BCUT2D eigenvalue weighted by atomic mass is 9.69. The van der Waals surface area contributed by atoms with Crippen molar-refractivity contribution in [1.29, 1.82) is 5.26 Å². The molecule has 0 bridgehead atoms. The number of carbonyl (C=O) groups excluding carboxylic acids is 1. The van der Waals surface area contributed by atoms with Gasteiger partial charge in [-0.2, -0.15) is 5.26 Å². The Morgan fingerprint density at radius 2 is 1.58 bits per heavy atom. The molecule has 1 aliphatic carbocycles. The molecule has 0 unspecified atom stereocenters. The topological polar surface area (TPSA) is 50.1 Å². The first-order chi connectivity index (χ1) is 16.1. The van der Waals surface area contributed by atoms with E-state index >= 15 is 0 Å². The second-order valence-corrected chi connectivity index (χ2v) is 9.59. The average molecular weight is 446 g/mol. The van der Waals surface area contributed by atoms with Crippen LogP contribution < -0.4 is 4.74 Å². The van der Waals surface area contributed by atoms with E-state index in [1.165, 1.54) is 31.2 Å². The van der Waals surface area contributed by atoms with Crippen molar-refractivity contribution in [3.05, 3.63) is 64.7 Å². The number of nitriles is 1. The Morgan fingerprint density at radius 3 is 2.24 bits per heavy atom. The maximum absolute atomic E-state index is 13.6. The van der Waals surface area contributed by atoms with Gasteiger partial charge in [-0.25, -0.2) is 0 Å². The molecule has 0 atom stereocenters. The normalized spacial score (nSPS) is 15.1. The highest BCUT2D eigenvalue weighted by atomic mass is 16.5. The highest BCUT2D eigenvalue weighted by Crippen LogP contribution is 2.41. The molecule has 1 saturated carbocycles. The quantitative estimate of drug-likeness (QED) is 0.201. The van der Waals surface area contributed by atoms with E-state index in [9.17, 15) is 10.1 Å². The van der Waals surface area contributed by atoms with Crippen LogP contribution in [-0.4, -0.2) is 5.97 Å². The van der Waals surface area contributed by atoms with Gasteiger partial charge < -0.3 is 4.74 Å². The molecule has 1 fully saturated rings. The molecular formula is C30H39NO2. The molecule has 0 aliphatic heterocycles. The minimum atomic E-state index is -0.617. The van der Waals surface area contributed by atoms with Gasteiger partial charge in [0.1, 0.15) is 11.8 Å². The average Bonchev–Trinajstić information content (AvgIpc) is 2.85. The minimum Gasteiger partial charge on any atom is -0.424 e. The third-order valence-corrected chi connectivity index (χ3v) is 7.08. The van der Waals surface area contributed by atoms with Gasteiger partial charge in [0.25, 0.3) is 0 Å². The first-order valence-corrected chi connectivity index (χ1v) is 13.0. The number of benzene rings is 2. The zero-order valence-corrected chi connectivity index (χ0v) is 20.5. The second kappa shape index (κ2) is 12.6. The Labute approximate surface area is 200 Å². The Kier molecular flexibility index (Phi) is 9.55. The van der Waals surface area contributed by atoms with Crippen LogP contribution >= 0.6 is 0 Å². The Hall–Kier alpha value is -2.60. The van der Waals surface area contributed by atoms with Crippen LogP contribution in [0, 0.1) is 11.3 Å². The van der Waals surface area contributed by atoms with Crippen LogP contribution in [0.4, 0.5) is 0 Å². The van der Waals surface area contributed by atoms with E-state index in [4.69, 9.17) is 4.74 Å². The molecule has 0 aromatic heterocycles. The summed E-state index contributed by atoms with van der Waals surface area (Å²) in [5.74, 6) is 0.180. The fourth-order valence-corrected chi connectivity index (χ4v) is 5.08. The van der Waals surface area contributed by atoms with Gasteiger partial charge in [0, 0.05) is 0 Å². The van der Waals surface area contributed by atoms with E-state index < -0.39 is 5.41 Å². The highest BCUT2D eigenvalue weighted by Gasteiger charge is 2.43. The number of aryl methyl sites for hydroxylation is 2. The maximum atomic E-state index is 13.6. The molecule has 0 radical (unpaired) electrons. The smallest absolute Gasteiger partial charge is 0.321 e. The van der Waals surface area contributed by atoms with Gasteiger partial charge in [-0.05, 0) is 60.9 Å². The Bertz CT molecular complexity index is 933. The van der Waals surface area contributed by atoms with E-state index in [0.717, 1.165) is 68.9 Å². The third kappa shape index (κ3) is 6.47. The van der Waals surface area contributed by atoms with Crippen LogP contribution in [0.25, 0.3) is 0 Å². The second-order valence-electron chi connectivity index (χ2n) is 9.59. The lowest BCUT2D eigenvalue weighted by Gasteiger charge is -2.35. The number of esters is 1. The van der Waals surface area contributed by atoms with Crippen LogP contribution in [0.5, 0.6) is 5.75 Å². The zero-order valence-electron chi connectivity index (χ0n) is 20.5. The zero-order chi connectivity index (χ0) is 23.5. The van der Waals surface area contributed by atoms with Gasteiger partial charge in [0.05, 0.1) is 11.0 Å². The largest absolute Gasteiger partial charge is 0.424 e. The molecular weight excluding hydrogens is 406 g/mol. The maximum Gasteiger partial charge on any atom is 0.321 e. The lowest BCUT2D eigenvalue weighted by Crippen LogP contribution is -2.41. The van der Waals surface area contributed by atoms with Gasteiger partial charge in [-0.3, -0.25) is 4.79 Å². The van der Waals surface area contributed by atoms with Gasteiger partial charge in [0.15, 0.2) is 0 Å². The van der Waals surface area contributed by atoms with Crippen LogP contribution in [0.2, 0.25) is 0 Å². The number of unbranched alkanes of at least 4 members (excludes halogenated alkanes) is 4. The predicted octanol–water partition coefficient (Wildman–Crippen LogP) is 7.83. The van der Waals surface area contributed by atoms with Crippen molar-refractivity contribution >= 4 is 5.97 Å². The first-order valence-electron chi connectivity index (χ1n) is 13.0. The van der Waals surface area contributed by atoms with Crippen LogP contribution in [-0.2, 0) is 23.1 Å². The standard InChI is InChI=1S/C30H39NO2/c1-3-5-6-7-9-13-25-16-19-28(26(22-25)23-31)33-29(32)30(20-10-8-11-21-30)27-17-14-24(12-4-2)15-18-27/h14-19,22H,3-13,20-21H2,1-2H3. The summed E-state index contributed by atoms with van der Waals surface area (Å²) in [7, 11) is 0. The molecule has 3 heteroatoms. The highest BCUT2D eigenvalue weighted by molar-refractivity contribution is 5.85. The van der Waals surface area contributed by atoms with E-state index in [2.05, 4.69) is 44.2 Å². The summed E-state index contributed by atoms with van der Waals surface area (Å²) >= 11 is 0. The van der Waals surface area contributed by atoms with Crippen LogP contribution in [0.15, 0.2) is 42.5 Å². The predicted molar refractivity (Wildman–Crippen MR) is 134 cm³/mol. The fraction of sp³-hybridized carbons (Fsp3) is 0.533. The molecule has 0 N–H and O–H groups in total. The van der Waals surface area contributed by atoms with Gasteiger partial charge >= 0.3 is 5.97 Å². The van der Waals surface area contributed by atoms with Crippen molar-refractivity contribution in [3.63, 3.8) is 0 Å². The molecule has 2 aromatic carbocycles. The minimum absolute atomic E-state index is 0.214. The van der Waals surface area contributed by atoms with Crippen LogP contribution in [0.3, 0.4) is 0 Å². The molecule has 3 rings (SSSR count). The number of rotatable bonds is 11.